The average Bonchev–Trinajstić information content (AvgIpc) is 2.33. The number of hydrogen-bond acceptors (Lipinski definition) is 3. The number of alkyl carbamates (subject to hydrolysis) is 1. The molecule has 2 N–H and O–H groups in total. The van der Waals surface area contributed by atoms with Crippen molar-refractivity contribution in [2.45, 2.75) is 52.7 Å². The van der Waals surface area contributed by atoms with E-state index >= 15 is 0 Å². The minimum absolute atomic E-state index is 0.114. The average molecular weight is 307 g/mol. The number of nitrogens with one attached hydrogen (secondary N) is 1. The maximum absolute atomic E-state index is 12.0. The van der Waals surface area contributed by atoms with Crippen molar-refractivity contribution in [1.29, 1.82) is 0 Å². The summed E-state index contributed by atoms with van der Waals surface area (Å²) in [7, 11) is 0. The maximum atomic E-state index is 12.0. The van der Waals surface area contributed by atoms with E-state index in [-0.39, 0.29) is 18.4 Å². The molecule has 0 saturated carbocycles. The van der Waals surface area contributed by atoms with E-state index in [1.165, 1.54) is 0 Å². The van der Waals surface area contributed by atoms with Crippen LogP contribution in [0.2, 0.25) is 0 Å². The molecule has 0 bridgehead atoms. The van der Waals surface area contributed by atoms with Crippen molar-refractivity contribution >= 4 is 12.1 Å². The molecule has 1 rings (SSSR count). The predicted molar refractivity (Wildman–Crippen MR) is 84.5 cm³/mol. The molecule has 5 nitrogen and oxygen atoms in total. The van der Waals surface area contributed by atoms with Crippen LogP contribution in [0.4, 0.5) is 4.79 Å². The van der Waals surface area contributed by atoms with Crippen LogP contribution >= 0.6 is 0 Å². The van der Waals surface area contributed by atoms with Crippen LogP contribution in [-0.4, -0.2) is 22.7 Å². The molecule has 1 atom stereocenters. The van der Waals surface area contributed by atoms with E-state index in [9.17, 15) is 9.59 Å². The molecule has 0 aromatic heterocycles. The van der Waals surface area contributed by atoms with Gasteiger partial charge in [-0.1, -0.05) is 51.1 Å². The Morgan fingerprint density at radius 2 is 1.73 bits per heavy atom. The number of amides is 1. The second kappa shape index (κ2) is 7.29. The topological polar surface area (TPSA) is 75.6 Å². The second-order valence-corrected chi connectivity index (χ2v) is 7.06. The van der Waals surface area contributed by atoms with Gasteiger partial charge in [-0.2, -0.15) is 0 Å². The van der Waals surface area contributed by atoms with Crippen LogP contribution in [-0.2, 0) is 16.1 Å². The van der Waals surface area contributed by atoms with Crippen molar-refractivity contribution in [3.05, 3.63) is 35.9 Å². The fourth-order valence-corrected chi connectivity index (χ4v) is 2.66. The predicted octanol–water partition coefficient (Wildman–Crippen LogP) is 3.58. The van der Waals surface area contributed by atoms with Crippen LogP contribution in [0.3, 0.4) is 0 Å². The Balaban J connectivity index is 2.64. The molecule has 0 radical (unpaired) electrons. The SMILES string of the molecule is CC(C)(C)CC(C)(CC(=O)O)NC(=O)OCc1ccccc1. The zero-order valence-electron chi connectivity index (χ0n) is 13.7. The molecule has 1 aromatic carbocycles. The highest BCUT2D eigenvalue weighted by atomic mass is 16.5. The van der Waals surface area contributed by atoms with Gasteiger partial charge in [0, 0.05) is 0 Å². The van der Waals surface area contributed by atoms with Gasteiger partial charge in [0.15, 0.2) is 0 Å². The first-order valence-corrected chi connectivity index (χ1v) is 7.30. The first-order valence-electron chi connectivity index (χ1n) is 7.30. The van der Waals surface area contributed by atoms with Gasteiger partial charge in [-0.15, -0.1) is 0 Å². The molecule has 0 aliphatic carbocycles. The lowest BCUT2D eigenvalue weighted by Gasteiger charge is -2.35. The Morgan fingerprint density at radius 1 is 1.14 bits per heavy atom. The summed E-state index contributed by atoms with van der Waals surface area (Å²) in [5.74, 6) is -0.949. The summed E-state index contributed by atoms with van der Waals surface area (Å²) in [6, 6.07) is 9.34. The lowest BCUT2D eigenvalue weighted by molar-refractivity contribution is -0.138. The van der Waals surface area contributed by atoms with Gasteiger partial charge < -0.3 is 15.2 Å². The van der Waals surface area contributed by atoms with E-state index in [0.29, 0.717) is 6.42 Å². The third-order valence-corrected chi connectivity index (χ3v) is 3.08. The maximum Gasteiger partial charge on any atom is 0.407 e. The van der Waals surface area contributed by atoms with Gasteiger partial charge in [-0.05, 0) is 24.3 Å². The molecule has 1 unspecified atom stereocenters. The second-order valence-electron chi connectivity index (χ2n) is 7.06. The third kappa shape index (κ3) is 7.11. The largest absolute Gasteiger partial charge is 0.481 e. The standard InChI is InChI=1S/C17H25NO4/c1-16(2,3)12-17(4,10-14(19)20)18-15(21)22-11-13-8-6-5-7-9-13/h5-9H,10-12H2,1-4H3,(H,18,21)(H,19,20). The fourth-order valence-electron chi connectivity index (χ4n) is 2.66. The Labute approximate surface area is 131 Å². The van der Waals surface area contributed by atoms with E-state index in [4.69, 9.17) is 9.84 Å². The van der Waals surface area contributed by atoms with Crippen molar-refractivity contribution in [3.8, 4) is 0 Å². The molecule has 0 spiro atoms. The zero-order valence-corrected chi connectivity index (χ0v) is 13.7. The quantitative estimate of drug-likeness (QED) is 0.842. The molecular formula is C17H25NO4. The Morgan fingerprint density at radius 3 is 2.23 bits per heavy atom. The number of rotatable bonds is 6. The summed E-state index contributed by atoms with van der Waals surface area (Å²) in [6.45, 7) is 7.90. The molecular weight excluding hydrogens is 282 g/mol. The molecule has 0 aliphatic heterocycles. The van der Waals surface area contributed by atoms with Crippen molar-refractivity contribution in [2.75, 3.05) is 0 Å². The highest BCUT2D eigenvalue weighted by molar-refractivity contribution is 5.72. The van der Waals surface area contributed by atoms with Crippen LogP contribution in [0.5, 0.6) is 0 Å². The molecule has 1 amide bonds. The molecule has 122 valence electrons. The molecule has 22 heavy (non-hydrogen) atoms. The van der Waals surface area contributed by atoms with Crippen LogP contribution in [0.1, 0.15) is 46.1 Å². The molecule has 1 aromatic rings. The summed E-state index contributed by atoms with van der Waals surface area (Å²) < 4.78 is 5.18. The van der Waals surface area contributed by atoms with Gasteiger partial charge in [0.05, 0.1) is 12.0 Å². The van der Waals surface area contributed by atoms with Crippen LogP contribution in [0.25, 0.3) is 0 Å². The van der Waals surface area contributed by atoms with E-state index in [0.717, 1.165) is 5.56 Å². The highest BCUT2D eigenvalue weighted by Gasteiger charge is 2.34. The minimum Gasteiger partial charge on any atom is -0.481 e. The smallest absolute Gasteiger partial charge is 0.407 e. The number of carbonyl (C=O) groups is 2. The monoisotopic (exact) mass is 307 g/mol. The molecule has 0 heterocycles. The third-order valence-electron chi connectivity index (χ3n) is 3.08. The molecule has 0 fully saturated rings. The molecule has 0 saturated heterocycles. The van der Waals surface area contributed by atoms with E-state index in [1.807, 2.05) is 51.1 Å². The summed E-state index contributed by atoms with van der Waals surface area (Å²) in [5, 5.41) is 11.8. The number of hydrogen-bond donors (Lipinski definition) is 2. The number of ether oxygens (including phenoxy) is 1. The molecule has 5 heteroatoms. The fraction of sp³-hybridized carbons (Fsp3) is 0.529. The first kappa shape index (κ1) is 18.0. The van der Waals surface area contributed by atoms with Crippen molar-refractivity contribution in [1.82, 2.24) is 5.32 Å². The normalized spacial score (nSPS) is 14.0. The number of carbonyl (C=O) groups excluding carboxylic acids is 1. The van der Waals surface area contributed by atoms with Gasteiger partial charge in [-0.25, -0.2) is 4.79 Å². The number of benzene rings is 1. The Hall–Kier alpha value is -2.04. The van der Waals surface area contributed by atoms with Crippen LogP contribution in [0, 0.1) is 5.41 Å². The van der Waals surface area contributed by atoms with E-state index in [1.54, 1.807) is 6.92 Å². The zero-order chi connectivity index (χ0) is 16.8. The van der Waals surface area contributed by atoms with E-state index < -0.39 is 17.6 Å². The van der Waals surface area contributed by atoms with E-state index in [2.05, 4.69) is 5.32 Å². The van der Waals surface area contributed by atoms with Gasteiger partial charge in [0.2, 0.25) is 0 Å². The summed E-state index contributed by atoms with van der Waals surface area (Å²) in [6.07, 6.45) is -0.214. The lowest BCUT2D eigenvalue weighted by Crippen LogP contribution is -2.49. The number of carboxylic acids is 1. The molecule has 0 aliphatic rings. The highest BCUT2D eigenvalue weighted by Crippen LogP contribution is 2.29. The lowest BCUT2D eigenvalue weighted by atomic mass is 9.79. The van der Waals surface area contributed by atoms with Crippen molar-refractivity contribution < 1.29 is 19.4 Å². The van der Waals surface area contributed by atoms with Gasteiger partial charge in [-0.3, -0.25) is 4.79 Å². The summed E-state index contributed by atoms with van der Waals surface area (Å²) in [4.78, 5) is 23.0. The van der Waals surface area contributed by atoms with Crippen LogP contribution in [0.15, 0.2) is 30.3 Å². The number of aliphatic carboxylic acids is 1. The van der Waals surface area contributed by atoms with Crippen LogP contribution < -0.4 is 5.32 Å². The summed E-state index contributed by atoms with van der Waals surface area (Å²) in [5.41, 5.74) is -0.0807. The van der Waals surface area contributed by atoms with Gasteiger partial charge in [0.1, 0.15) is 6.61 Å². The number of carboxylic acid groups (broad SMARTS) is 1. The van der Waals surface area contributed by atoms with Gasteiger partial charge >= 0.3 is 12.1 Å². The van der Waals surface area contributed by atoms with Gasteiger partial charge in [0.25, 0.3) is 0 Å². The summed E-state index contributed by atoms with van der Waals surface area (Å²) >= 11 is 0. The van der Waals surface area contributed by atoms with Crippen molar-refractivity contribution in [2.24, 2.45) is 5.41 Å². The first-order chi connectivity index (χ1) is 10.1. The Kier molecular flexibility index (Phi) is 5.97. The Bertz CT molecular complexity index is 507. The van der Waals surface area contributed by atoms with Crippen molar-refractivity contribution in [3.63, 3.8) is 0 Å². The minimum atomic E-state index is -0.949.